The first kappa shape index (κ1) is 18.1. The highest BCUT2D eigenvalue weighted by molar-refractivity contribution is 6.21. The molecule has 1 N–H and O–H groups in total. The topological polar surface area (TPSA) is 60.9 Å². The largest absolute Gasteiger partial charge is 0.508 e. The van der Waals surface area contributed by atoms with Crippen LogP contribution in [-0.2, 0) is 6.42 Å². The molecule has 3 rings (SSSR count). The summed E-state index contributed by atoms with van der Waals surface area (Å²) in [6, 6.07) is 10.4. The molecule has 136 valence electrons. The highest BCUT2D eigenvalue weighted by Crippen LogP contribution is 2.26. The van der Waals surface area contributed by atoms with Crippen LogP contribution in [0.2, 0.25) is 0 Å². The van der Waals surface area contributed by atoms with Gasteiger partial charge in [-0.05, 0) is 75.3 Å². The molecule has 0 unspecified atom stereocenters. The number of carbonyl (C=O) groups excluding carboxylic acids is 2. The predicted octanol–water partition coefficient (Wildman–Crippen LogP) is 2.78. The summed E-state index contributed by atoms with van der Waals surface area (Å²) in [4.78, 5) is 28.7. The van der Waals surface area contributed by atoms with E-state index in [-0.39, 0.29) is 23.6 Å². The van der Waals surface area contributed by atoms with Crippen LogP contribution in [0, 0.1) is 13.8 Å². The minimum absolute atomic E-state index is 0.0147. The lowest BCUT2D eigenvalue weighted by atomic mass is 9.95. The Bertz CT molecular complexity index is 815. The van der Waals surface area contributed by atoms with E-state index in [0.29, 0.717) is 24.1 Å². The van der Waals surface area contributed by atoms with Crippen LogP contribution >= 0.6 is 0 Å². The van der Waals surface area contributed by atoms with Crippen LogP contribution in [0.3, 0.4) is 0 Å². The number of phenols is 1. The standard InChI is InChI=1S/C21H24N2O3/c1-13-9-16(24)10-14(2)19(13)11-15(22(3)4)12-23-20(25)17-7-5-6-8-18(17)21(23)26/h5-10,15,24H,11-12H2,1-4H3/t15-/m0/s1. The molecule has 0 aliphatic carbocycles. The van der Waals surface area contributed by atoms with Gasteiger partial charge in [0, 0.05) is 12.6 Å². The third-order valence-corrected chi connectivity index (χ3v) is 5.12. The molecule has 1 atom stereocenters. The average molecular weight is 352 g/mol. The fourth-order valence-corrected chi connectivity index (χ4v) is 3.55. The van der Waals surface area contributed by atoms with Crippen molar-refractivity contribution >= 4 is 11.8 Å². The number of fused-ring (bicyclic) bond motifs is 1. The smallest absolute Gasteiger partial charge is 0.261 e. The van der Waals surface area contributed by atoms with E-state index in [9.17, 15) is 14.7 Å². The Balaban J connectivity index is 1.85. The molecule has 1 aliphatic heterocycles. The minimum Gasteiger partial charge on any atom is -0.508 e. The second-order valence-corrected chi connectivity index (χ2v) is 7.15. The monoisotopic (exact) mass is 352 g/mol. The first-order valence-electron chi connectivity index (χ1n) is 8.70. The number of likely N-dealkylation sites (N-methyl/N-ethyl adjacent to an activating group) is 1. The molecule has 0 saturated heterocycles. The molecule has 1 heterocycles. The molecule has 0 fully saturated rings. The molecule has 0 bridgehead atoms. The van der Waals surface area contributed by atoms with E-state index < -0.39 is 0 Å². The number of rotatable bonds is 5. The Kier molecular flexibility index (Phi) is 4.83. The van der Waals surface area contributed by atoms with Gasteiger partial charge >= 0.3 is 0 Å². The first-order chi connectivity index (χ1) is 12.3. The molecule has 2 aromatic rings. The Hall–Kier alpha value is -2.66. The van der Waals surface area contributed by atoms with Crippen LogP contribution in [0.25, 0.3) is 0 Å². The Labute approximate surface area is 153 Å². The maximum absolute atomic E-state index is 12.6. The molecule has 2 aromatic carbocycles. The van der Waals surface area contributed by atoms with Gasteiger partial charge in [-0.25, -0.2) is 0 Å². The van der Waals surface area contributed by atoms with Crippen molar-refractivity contribution in [2.75, 3.05) is 20.6 Å². The number of imide groups is 1. The van der Waals surface area contributed by atoms with Gasteiger partial charge in [0.25, 0.3) is 11.8 Å². The Morgan fingerprint density at radius 3 is 1.96 bits per heavy atom. The van der Waals surface area contributed by atoms with Crippen molar-refractivity contribution in [2.45, 2.75) is 26.3 Å². The Morgan fingerprint density at radius 2 is 1.50 bits per heavy atom. The fraction of sp³-hybridized carbons (Fsp3) is 0.333. The number of aryl methyl sites for hydroxylation is 2. The van der Waals surface area contributed by atoms with E-state index in [0.717, 1.165) is 16.7 Å². The number of carbonyl (C=O) groups is 2. The van der Waals surface area contributed by atoms with Crippen LogP contribution in [0.5, 0.6) is 5.75 Å². The van der Waals surface area contributed by atoms with Gasteiger partial charge in [-0.3, -0.25) is 14.5 Å². The summed E-state index contributed by atoms with van der Waals surface area (Å²) in [7, 11) is 3.90. The number of aromatic hydroxyl groups is 1. The molecule has 1 aliphatic rings. The van der Waals surface area contributed by atoms with Crippen molar-refractivity contribution in [3.8, 4) is 5.75 Å². The summed E-state index contributed by atoms with van der Waals surface area (Å²) in [5, 5.41) is 9.75. The molecule has 0 aromatic heterocycles. The lowest BCUT2D eigenvalue weighted by molar-refractivity contribution is 0.0612. The van der Waals surface area contributed by atoms with Gasteiger partial charge in [0.1, 0.15) is 5.75 Å². The zero-order valence-electron chi connectivity index (χ0n) is 15.6. The van der Waals surface area contributed by atoms with E-state index >= 15 is 0 Å². The van der Waals surface area contributed by atoms with Crippen LogP contribution in [0.15, 0.2) is 36.4 Å². The lowest BCUT2D eigenvalue weighted by Crippen LogP contribution is -2.44. The molecular formula is C21H24N2O3. The van der Waals surface area contributed by atoms with Crippen molar-refractivity contribution in [3.63, 3.8) is 0 Å². The zero-order valence-corrected chi connectivity index (χ0v) is 15.6. The van der Waals surface area contributed by atoms with Gasteiger partial charge in [0.2, 0.25) is 0 Å². The quantitative estimate of drug-likeness (QED) is 0.841. The number of amides is 2. The van der Waals surface area contributed by atoms with Gasteiger partial charge in [-0.2, -0.15) is 0 Å². The normalized spacial score (nSPS) is 14.9. The van der Waals surface area contributed by atoms with Gasteiger partial charge in [-0.1, -0.05) is 12.1 Å². The van der Waals surface area contributed by atoms with E-state index in [4.69, 9.17) is 0 Å². The van der Waals surface area contributed by atoms with E-state index in [2.05, 4.69) is 0 Å². The summed E-state index contributed by atoms with van der Waals surface area (Å²) >= 11 is 0. The summed E-state index contributed by atoms with van der Waals surface area (Å²) < 4.78 is 0. The Morgan fingerprint density at radius 1 is 1.00 bits per heavy atom. The third-order valence-electron chi connectivity index (χ3n) is 5.12. The third kappa shape index (κ3) is 3.22. The van der Waals surface area contributed by atoms with Gasteiger partial charge in [0.05, 0.1) is 11.1 Å². The zero-order chi connectivity index (χ0) is 19.0. The van der Waals surface area contributed by atoms with Crippen LogP contribution in [0.4, 0.5) is 0 Å². The van der Waals surface area contributed by atoms with Crippen molar-refractivity contribution in [1.82, 2.24) is 9.80 Å². The molecular weight excluding hydrogens is 328 g/mol. The fourth-order valence-electron chi connectivity index (χ4n) is 3.55. The lowest BCUT2D eigenvalue weighted by Gasteiger charge is -2.29. The SMILES string of the molecule is Cc1cc(O)cc(C)c1C[C@@H](CN1C(=O)c2ccccc2C1=O)N(C)C. The van der Waals surface area contributed by atoms with E-state index in [1.807, 2.05) is 32.8 Å². The van der Waals surface area contributed by atoms with Gasteiger partial charge in [-0.15, -0.1) is 0 Å². The van der Waals surface area contributed by atoms with Crippen molar-refractivity contribution in [1.29, 1.82) is 0 Å². The molecule has 0 spiro atoms. The maximum Gasteiger partial charge on any atom is 0.261 e. The second-order valence-electron chi connectivity index (χ2n) is 7.15. The van der Waals surface area contributed by atoms with Gasteiger partial charge < -0.3 is 10.0 Å². The molecule has 2 amide bonds. The van der Waals surface area contributed by atoms with Gasteiger partial charge in [0.15, 0.2) is 0 Å². The molecule has 5 nitrogen and oxygen atoms in total. The molecule has 0 radical (unpaired) electrons. The summed E-state index contributed by atoms with van der Waals surface area (Å²) in [6.07, 6.45) is 0.693. The van der Waals surface area contributed by atoms with Crippen molar-refractivity contribution in [2.24, 2.45) is 0 Å². The first-order valence-corrected chi connectivity index (χ1v) is 8.70. The van der Waals surface area contributed by atoms with Crippen LogP contribution < -0.4 is 0 Å². The molecule has 5 heteroatoms. The average Bonchev–Trinajstić information content (AvgIpc) is 2.81. The summed E-state index contributed by atoms with van der Waals surface area (Å²) in [5.74, 6) is -0.196. The van der Waals surface area contributed by atoms with Crippen molar-refractivity contribution in [3.05, 3.63) is 64.2 Å². The molecule has 26 heavy (non-hydrogen) atoms. The number of nitrogens with zero attached hydrogens (tertiary/aromatic N) is 2. The number of hydrogen-bond acceptors (Lipinski definition) is 4. The number of benzene rings is 2. The maximum atomic E-state index is 12.6. The molecule has 0 saturated carbocycles. The summed E-state index contributed by atoms with van der Waals surface area (Å²) in [5.41, 5.74) is 4.12. The highest BCUT2D eigenvalue weighted by Gasteiger charge is 2.36. The summed E-state index contributed by atoms with van der Waals surface area (Å²) in [6.45, 7) is 4.27. The van der Waals surface area contributed by atoms with Crippen molar-refractivity contribution < 1.29 is 14.7 Å². The van der Waals surface area contributed by atoms with Crippen LogP contribution in [0.1, 0.15) is 37.4 Å². The highest BCUT2D eigenvalue weighted by atomic mass is 16.3. The second kappa shape index (κ2) is 6.92. The predicted molar refractivity (Wildman–Crippen MR) is 101 cm³/mol. The van der Waals surface area contributed by atoms with E-state index in [1.54, 1.807) is 36.4 Å². The van der Waals surface area contributed by atoms with E-state index in [1.165, 1.54) is 4.90 Å². The minimum atomic E-state index is -0.225. The number of hydrogen-bond donors (Lipinski definition) is 1. The number of phenolic OH excluding ortho intramolecular Hbond substituents is 1. The van der Waals surface area contributed by atoms with Crippen LogP contribution in [-0.4, -0.2) is 53.4 Å².